The smallest absolute Gasteiger partial charge is 0.354 e. The van der Waals surface area contributed by atoms with Crippen LogP contribution in [0.4, 0.5) is 0 Å². The summed E-state index contributed by atoms with van der Waals surface area (Å²) in [6.07, 6.45) is 6.23. The molecule has 0 aliphatic carbocycles. The van der Waals surface area contributed by atoms with Gasteiger partial charge in [-0.1, -0.05) is 26.7 Å². The van der Waals surface area contributed by atoms with Gasteiger partial charge in [-0.15, -0.1) is 0 Å². The third-order valence-corrected chi connectivity index (χ3v) is 3.60. The lowest BCUT2D eigenvalue weighted by atomic mass is 10.3. The Morgan fingerprint density at radius 3 is 2.46 bits per heavy atom. The monoisotopic (exact) mass is 361 g/mol. The fourth-order valence-electron chi connectivity index (χ4n) is 2.14. The number of aromatic nitrogens is 3. The largest absolute Gasteiger partial charge is 0.618 e. The van der Waals surface area contributed by atoms with Crippen LogP contribution in [0.25, 0.3) is 11.5 Å². The number of carbonyl (C=O) groups is 1. The second-order valence-electron chi connectivity index (χ2n) is 5.69. The Bertz CT molecular complexity index is 752. The number of hydrogen-bond donors (Lipinski definition) is 1. The zero-order chi connectivity index (χ0) is 18.9. The summed E-state index contributed by atoms with van der Waals surface area (Å²) >= 11 is 0. The van der Waals surface area contributed by atoms with Gasteiger partial charge in [-0.25, -0.2) is 14.8 Å². The standard InChI is InChI=1S/C18H23N3O5/c1-3-5-9-25-15-11-14(17-19-8-7-13(20-17)18(22)23)21(24)12-16(15)26-10-6-4-2/h7-8,11-12H,3-6,9-10H2,1-2H3,(H,22,23). The van der Waals surface area contributed by atoms with Crippen LogP contribution >= 0.6 is 0 Å². The van der Waals surface area contributed by atoms with Crippen molar-refractivity contribution in [3.8, 4) is 23.0 Å². The van der Waals surface area contributed by atoms with Crippen molar-refractivity contribution in [2.45, 2.75) is 39.5 Å². The first-order chi connectivity index (χ1) is 12.6. The molecule has 140 valence electrons. The SMILES string of the molecule is CCCCOc1cc(-c2nccc(C(=O)O)n2)[n+]([O-])cc1OCCCC. The van der Waals surface area contributed by atoms with Crippen molar-refractivity contribution in [1.29, 1.82) is 0 Å². The second kappa shape index (κ2) is 9.55. The topological polar surface area (TPSA) is 108 Å². The Morgan fingerprint density at radius 2 is 1.85 bits per heavy atom. The van der Waals surface area contributed by atoms with Crippen LogP contribution in [0.5, 0.6) is 11.5 Å². The molecule has 2 heterocycles. The van der Waals surface area contributed by atoms with Crippen LogP contribution in [0.3, 0.4) is 0 Å². The van der Waals surface area contributed by atoms with E-state index in [-0.39, 0.29) is 17.2 Å². The van der Waals surface area contributed by atoms with Crippen molar-refractivity contribution in [2.75, 3.05) is 13.2 Å². The minimum atomic E-state index is -1.19. The van der Waals surface area contributed by atoms with E-state index < -0.39 is 5.97 Å². The molecule has 8 heteroatoms. The van der Waals surface area contributed by atoms with Crippen molar-refractivity contribution in [3.05, 3.63) is 35.4 Å². The maximum absolute atomic E-state index is 12.4. The highest BCUT2D eigenvalue weighted by Crippen LogP contribution is 2.29. The summed E-state index contributed by atoms with van der Waals surface area (Å²) in [4.78, 5) is 19.0. The van der Waals surface area contributed by atoms with Gasteiger partial charge in [0.25, 0.3) is 5.69 Å². The molecule has 1 N–H and O–H groups in total. The van der Waals surface area contributed by atoms with Crippen LogP contribution in [-0.4, -0.2) is 34.3 Å². The number of hydrogen-bond acceptors (Lipinski definition) is 6. The molecule has 0 amide bonds. The predicted octanol–water partition coefficient (Wildman–Crippen LogP) is 2.83. The molecule has 0 atom stereocenters. The van der Waals surface area contributed by atoms with Gasteiger partial charge in [0, 0.05) is 6.20 Å². The molecule has 8 nitrogen and oxygen atoms in total. The summed E-state index contributed by atoms with van der Waals surface area (Å²) in [5, 5.41) is 21.5. The number of unbranched alkanes of at least 4 members (excludes halogenated alkanes) is 2. The highest BCUT2D eigenvalue weighted by Gasteiger charge is 2.20. The van der Waals surface area contributed by atoms with Crippen molar-refractivity contribution >= 4 is 5.97 Å². The van der Waals surface area contributed by atoms with Crippen LogP contribution in [0.15, 0.2) is 24.5 Å². The maximum atomic E-state index is 12.4. The van der Waals surface area contributed by atoms with E-state index in [0.717, 1.165) is 25.7 Å². The first kappa shape index (κ1) is 19.4. The summed E-state index contributed by atoms with van der Waals surface area (Å²) in [7, 11) is 0. The van der Waals surface area contributed by atoms with E-state index in [9.17, 15) is 10.0 Å². The number of aromatic carboxylic acids is 1. The average Bonchev–Trinajstić information content (AvgIpc) is 2.63. The summed E-state index contributed by atoms with van der Waals surface area (Å²) in [5.41, 5.74) is -0.0887. The van der Waals surface area contributed by atoms with Gasteiger partial charge in [0.2, 0.25) is 17.8 Å². The van der Waals surface area contributed by atoms with Gasteiger partial charge in [-0.05, 0) is 18.9 Å². The normalized spacial score (nSPS) is 10.5. The quantitative estimate of drug-likeness (QED) is 0.394. The second-order valence-corrected chi connectivity index (χ2v) is 5.69. The number of rotatable bonds is 10. The number of carboxylic acids is 1. The molecule has 0 aliphatic heterocycles. The Hall–Kier alpha value is -2.90. The Morgan fingerprint density at radius 1 is 1.19 bits per heavy atom. The van der Waals surface area contributed by atoms with E-state index in [1.807, 2.05) is 6.92 Å². The van der Waals surface area contributed by atoms with Gasteiger partial charge < -0.3 is 19.8 Å². The first-order valence-corrected chi connectivity index (χ1v) is 8.66. The molecule has 2 rings (SSSR count). The minimum absolute atomic E-state index is 0.0142. The molecule has 0 aliphatic rings. The van der Waals surface area contributed by atoms with Crippen molar-refractivity contribution in [1.82, 2.24) is 9.97 Å². The van der Waals surface area contributed by atoms with Crippen molar-refractivity contribution in [3.63, 3.8) is 0 Å². The summed E-state index contributed by atoms with van der Waals surface area (Å²) in [5.74, 6) is -0.408. The summed E-state index contributed by atoms with van der Waals surface area (Å²) < 4.78 is 12.0. The number of carboxylic acid groups (broad SMARTS) is 1. The zero-order valence-corrected chi connectivity index (χ0v) is 15.0. The average molecular weight is 361 g/mol. The Labute approximate surface area is 152 Å². The third-order valence-electron chi connectivity index (χ3n) is 3.60. The van der Waals surface area contributed by atoms with E-state index in [4.69, 9.17) is 14.6 Å². The van der Waals surface area contributed by atoms with E-state index in [1.54, 1.807) is 0 Å². The molecule has 0 aromatic carbocycles. The molecule has 0 bridgehead atoms. The number of ether oxygens (including phenoxy) is 2. The fourth-order valence-corrected chi connectivity index (χ4v) is 2.14. The van der Waals surface area contributed by atoms with E-state index >= 15 is 0 Å². The molecule has 26 heavy (non-hydrogen) atoms. The molecule has 0 saturated carbocycles. The molecule has 0 saturated heterocycles. The van der Waals surface area contributed by atoms with Crippen LogP contribution in [-0.2, 0) is 0 Å². The lowest BCUT2D eigenvalue weighted by Crippen LogP contribution is -2.30. The Kier molecular flexibility index (Phi) is 7.13. The van der Waals surface area contributed by atoms with Crippen LogP contribution in [0, 0.1) is 5.21 Å². The van der Waals surface area contributed by atoms with Gasteiger partial charge in [0.15, 0.2) is 11.4 Å². The molecule has 0 fully saturated rings. The van der Waals surface area contributed by atoms with Crippen molar-refractivity contribution < 1.29 is 24.1 Å². The predicted molar refractivity (Wildman–Crippen MR) is 94.2 cm³/mol. The Balaban J connectivity index is 2.38. The lowest BCUT2D eigenvalue weighted by molar-refractivity contribution is -0.594. The number of pyridine rings is 1. The molecule has 2 aromatic rings. The lowest BCUT2D eigenvalue weighted by Gasteiger charge is -2.13. The van der Waals surface area contributed by atoms with Crippen LogP contribution < -0.4 is 14.2 Å². The van der Waals surface area contributed by atoms with Crippen LogP contribution in [0.2, 0.25) is 0 Å². The molecule has 2 aromatic heterocycles. The minimum Gasteiger partial charge on any atom is -0.618 e. The highest BCUT2D eigenvalue weighted by atomic mass is 16.5. The molecular formula is C18H23N3O5. The molecular weight excluding hydrogens is 338 g/mol. The first-order valence-electron chi connectivity index (χ1n) is 8.66. The van der Waals surface area contributed by atoms with Gasteiger partial charge >= 0.3 is 5.97 Å². The third kappa shape index (κ3) is 5.05. The van der Waals surface area contributed by atoms with E-state index in [1.165, 1.54) is 24.5 Å². The molecule has 0 unspecified atom stereocenters. The summed E-state index contributed by atoms with van der Waals surface area (Å²) in [6, 6.07) is 2.76. The maximum Gasteiger partial charge on any atom is 0.354 e. The van der Waals surface area contributed by atoms with Gasteiger partial charge in [-0.3, -0.25) is 0 Å². The summed E-state index contributed by atoms with van der Waals surface area (Å²) in [6.45, 7) is 5.06. The highest BCUT2D eigenvalue weighted by molar-refractivity contribution is 5.85. The van der Waals surface area contributed by atoms with E-state index in [0.29, 0.717) is 29.4 Å². The molecule has 0 radical (unpaired) electrons. The fraction of sp³-hybridized carbons (Fsp3) is 0.444. The van der Waals surface area contributed by atoms with Crippen LogP contribution in [0.1, 0.15) is 50.0 Å². The van der Waals surface area contributed by atoms with E-state index in [2.05, 4.69) is 16.9 Å². The van der Waals surface area contributed by atoms with Gasteiger partial charge in [0.1, 0.15) is 0 Å². The van der Waals surface area contributed by atoms with Gasteiger partial charge in [-0.2, -0.15) is 4.73 Å². The zero-order valence-electron chi connectivity index (χ0n) is 15.0. The number of nitrogens with zero attached hydrogens (tertiary/aromatic N) is 3. The molecule has 0 spiro atoms. The van der Waals surface area contributed by atoms with Gasteiger partial charge in [0.05, 0.1) is 19.3 Å². The van der Waals surface area contributed by atoms with Crippen molar-refractivity contribution in [2.24, 2.45) is 0 Å².